The summed E-state index contributed by atoms with van der Waals surface area (Å²) < 4.78 is 5.60. The minimum Gasteiger partial charge on any atom is -0.456 e. The maximum absolute atomic E-state index is 12.1. The van der Waals surface area contributed by atoms with Gasteiger partial charge in [0, 0.05) is 16.7 Å². The summed E-state index contributed by atoms with van der Waals surface area (Å²) in [6.07, 6.45) is 2.90. The highest BCUT2D eigenvalue weighted by Crippen LogP contribution is 2.31. The van der Waals surface area contributed by atoms with Crippen molar-refractivity contribution in [2.75, 3.05) is 0 Å². The standard InChI is InChI=1S/C19H12ClNO4/c20-14-7-5-13(6-8-14)18(22)11-9-15-10-12-19(25-15)16-3-1-2-4-17(16)21(23)24/h1-12H. The molecular formula is C19H12ClNO4. The number of para-hydroxylation sites is 1. The molecule has 0 amide bonds. The first-order valence-electron chi connectivity index (χ1n) is 7.36. The van der Waals surface area contributed by atoms with Gasteiger partial charge in [0.25, 0.3) is 5.69 Å². The fourth-order valence-corrected chi connectivity index (χ4v) is 2.42. The third kappa shape index (κ3) is 3.84. The average Bonchev–Trinajstić information content (AvgIpc) is 3.09. The van der Waals surface area contributed by atoms with E-state index in [1.807, 2.05) is 0 Å². The molecule has 0 spiro atoms. The van der Waals surface area contributed by atoms with Gasteiger partial charge in [-0.2, -0.15) is 0 Å². The lowest BCUT2D eigenvalue weighted by molar-refractivity contribution is -0.384. The minimum absolute atomic E-state index is 0.0374. The molecule has 25 heavy (non-hydrogen) atoms. The Hall–Kier alpha value is -3.18. The van der Waals surface area contributed by atoms with Crippen molar-refractivity contribution < 1.29 is 14.1 Å². The zero-order valence-electron chi connectivity index (χ0n) is 12.9. The topological polar surface area (TPSA) is 73.3 Å². The third-order valence-corrected chi connectivity index (χ3v) is 3.77. The minimum atomic E-state index is -0.461. The van der Waals surface area contributed by atoms with E-state index in [0.717, 1.165) is 0 Å². The number of carbonyl (C=O) groups excluding carboxylic acids is 1. The fourth-order valence-electron chi connectivity index (χ4n) is 2.30. The maximum atomic E-state index is 12.1. The van der Waals surface area contributed by atoms with E-state index in [1.54, 1.807) is 54.6 Å². The van der Waals surface area contributed by atoms with Crippen LogP contribution >= 0.6 is 11.6 Å². The van der Waals surface area contributed by atoms with Gasteiger partial charge in [-0.25, -0.2) is 0 Å². The Kier molecular flexibility index (Phi) is 4.77. The van der Waals surface area contributed by atoms with Crippen molar-refractivity contribution in [1.82, 2.24) is 0 Å². The average molecular weight is 354 g/mol. The van der Waals surface area contributed by atoms with Crippen LogP contribution in [0.3, 0.4) is 0 Å². The van der Waals surface area contributed by atoms with Crippen molar-refractivity contribution in [3.05, 3.63) is 93.2 Å². The van der Waals surface area contributed by atoms with E-state index in [0.29, 0.717) is 27.7 Å². The lowest BCUT2D eigenvalue weighted by Gasteiger charge is -1.98. The molecule has 0 aliphatic carbocycles. The fraction of sp³-hybridized carbons (Fsp3) is 0. The first-order valence-corrected chi connectivity index (χ1v) is 7.74. The zero-order valence-corrected chi connectivity index (χ0v) is 13.6. The molecule has 124 valence electrons. The summed E-state index contributed by atoms with van der Waals surface area (Å²) in [4.78, 5) is 22.7. The van der Waals surface area contributed by atoms with Crippen molar-refractivity contribution in [2.24, 2.45) is 0 Å². The quantitative estimate of drug-likeness (QED) is 0.266. The Morgan fingerprint density at radius 2 is 1.76 bits per heavy atom. The third-order valence-electron chi connectivity index (χ3n) is 3.52. The maximum Gasteiger partial charge on any atom is 0.280 e. The first kappa shape index (κ1) is 16.7. The number of furan rings is 1. The molecule has 0 saturated heterocycles. The van der Waals surface area contributed by atoms with Crippen LogP contribution in [0.25, 0.3) is 17.4 Å². The Balaban J connectivity index is 1.81. The Bertz CT molecular complexity index is 958. The van der Waals surface area contributed by atoms with E-state index in [2.05, 4.69) is 0 Å². The van der Waals surface area contributed by atoms with Gasteiger partial charge in [-0.3, -0.25) is 14.9 Å². The summed E-state index contributed by atoms with van der Waals surface area (Å²) in [6, 6.07) is 16.2. The smallest absolute Gasteiger partial charge is 0.280 e. The lowest BCUT2D eigenvalue weighted by Crippen LogP contribution is -1.92. The Morgan fingerprint density at radius 3 is 2.48 bits per heavy atom. The van der Waals surface area contributed by atoms with Gasteiger partial charge in [0.1, 0.15) is 11.5 Å². The zero-order chi connectivity index (χ0) is 17.8. The van der Waals surface area contributed by atoms with Crippen molar-refractivity contribution in [1.29, 1.82) is 0 Å². The molecule has 2 aromatic carbocycles. The molecule has 5 nitrogen and oxygen atoms in total. The second-order valence-corrected chi connectivity index (χ2v) is 5.62. The molecule has 1 heterocycles. The van der Waals surface area contributed by atoms with E-state index in [-0.39, 0.29) is 11.5 Å². The van der Waals surface area contributed by atoms with Crippen molar-refractivity contribution in [3.8, 4) is 11.3 Å². The van der Waals surface area contributed by atoms with Gasteiger partial charge in [-0.15, -0.1) is 0 Å². The van der Waals surface area contributed by atoms with Crippen LogP contribution < -0.4 is 0 Å². The van der Waals surface area contributed by atoms with Gasteiger partial charge in [0.15, 0.2) is 5.78 Å². The van der Waals surface area contributed by atoms with Crippen LogP contribution in [-0.2, 0) is 0 Å². The second-order valence-electron chi connectivity index (χ2n) is 5.18. The molecule has 0 unspecified atom stereocenters. The molecule has 6 heteroatoms. The number of hydrogen-bond donors (Lipinski definition) is 0. The SMILES string of the molecule is O=C(C=Cc1ccc(-c2ccccc2[N+](=O)[O-])o1)c1ccc(Cl)cc1. The van der Waals surface area contributed by atoms with Crippen LogP contribution in [0.5, 0.6) is 0 Å². The van der Waals surface area contributed by atoms with Crippen LogP contribution in [-0.4, -0.2) is 10.7 Å². The second kappa shape index (κ2) is 7.15. The first-order chi connectivity index (χ1) is 12.0. The van der Waals surface area contributed by atoms with Crippen LogP contribution in [0, 0.1) is 10.1 Å². The summed E-state index contributed by atoms with van der Waals surface area (Å²) in [7, 11) is 0. The highest BCUT2D eigenvalue weighted by atomic mass is 35.5. The number of nitro groups is 1. The van der Waals surface area contributed by atoms with Crippen molar-refractivity contribution in [2.45, 2.75) is 0 Å². The molecule has 0 fully saturated rings. The van der Waals surface area contributed by atoms with Gasteiger partial charge < -0.3 is 4.42 Å². The molecule has 0 aliphatic rings. The molecule has 1 aromatic heterocycles. The summed E-state index contributed by atoms with van der Waals surface area (Å²) in [5.41, 5.74) is 0.854. The largest absolute Gasteiger partial charge is 0.456 e. The van der Waals surface area contributed by atoms with Crippen LogP contribution in [0.4, 0.5) is 5.69 Å². The van der Waals surface area contributed by atoms with Crippen LogP contribution in [0.2, 0.25) is 5.02 Å². The normalized spacial score (nSPS) is 10.9. The van der Waals surface area contributed by atoms with Gasteiger partial charge in [-0.05, 0) is 54.6 Å². The summed E-state index contributed by atoms with van der Waals surface area (Å²) in [5, 5.41) is 11.6. The molecule has 3 rings (SSSR count). The van der Waals surface area contributed by atoms with E-state index in [9.17, 15) is 14.9 Å². The predicted molar refractivity (Wildman–Crippen MR) is 95.6 cm³/mol. The number of benzene rings is 2. The molecule has 3 aromatic rings. The molecule has 0 aliphatic heterocycles. The molecular weight excluding hydrogens is 342 g/mol. The van der Waals surface area contributed by atoms with E-state index >= 15 is 0 Å². The van der Waals surface area contributed by atoms with Crippen LogP contribution in [0.1, 0.15) is 16.1 Å². The van der Waals surface area contributed by atoms with E-state index < -0.39 is 4.92 Å². The number of hydrogen-bond acceptors (Lipinski definition) is 4. The van der Waals surface area contributed by atoms with Crippen molar-refractivity contribution in [3.63, 3.8) is 0 Å². The number of rotatable bonds is 5. The molecule has 0 atom stereocenters. The number of carbonyl (C=O) groups is 1. The number of halogens is 1. The Labute approximate surface area is 148 Å². The van der Waals surface area contributed by atoms with Gasteiger partial charge in [-0.1, -0.05) is 23.7 Å². The van der Waals surface area contributed by atoms with Gasteiger partial charge in [0.05, 0.1) is 10.5 Å². The molecule has 0 N–H and O–H groups in total. The number of nitrogens with zero attached hydrogens (tertiary/aromatic N) is 1. The highest BCUT2D eigenvalue weighted by Gasteiger charge is 2.16. The molecule has 0 bridgehead atoms. The lowest BCUT2D eigenvalue weighted by atomic mass is 10.1. The van der Waals surface area contributed by atoms with Gasteiger partial charge >= 0.3 is 0 Å². The Morgan fingerprint density at radius 1 is 1.04 bits per heavy atom. The van der Waals surface area contributed by atoms with Crippen LogP contribution in [0.15, 0.2) is 71.2 Å². The molecule has 0 saturated carbocycles. The van der Waals surface area contributed by atoms with Crippen molar-refractivity contribution >= 4 is 29.1 Å². The summed E-state index contributed by atoms with van der Waals surface area (Å²) >= 11 is 5.79. The monoisotopic (exact) mass is 353 g/mol. The van der Waals surface area contributed by atoms with E-state index in [1.165, 1.54) is 18.2 Å². The predicted octanol–water partition coefficient (Wildman–Crippen LogP) is 5.40. The highest BCUT2D eigenvalue weighted by molar-refractivity contribution is 6.30. The number of nitro benzene ring substituents is 1. The van der Waals surface area contributed by atoms with Gasteiger partial charge in [0.2, 0.25) is 0 Å². The summed E-state index contributed by atoms with van der Waals surface area (Å²) in [5.74, 6) is 0.599. The van der Waals surface area contributed by atoms with E-state index in [4.69, 9.17) is 16.0 Å². The molecule has 0 radical (unpaired) electrons. The summed E-state index contributed by atoms with van der Waals surface area (Å²) in [6.45, 7) is 0. The number of ketones is 1. The number of allylic oxidation sites excluding steroid dienone is 1.